The molecular formula is C27H44O3. The predicted molar refractivity (Wildman–Crippen MR) is 124 cm³/mol. The molecule has 0 unspecified atom stereocenters. The lowest BCUT2D eigenvalue weighted by Gasteiger charge is -2.45. The number of aliphatic hydroxyl groups excluding tert-OH is 1. The highest BCUT2D eigenvalue weighted by molar-refractivity contribution is 5.36. The average molecular weight is 419 g/mol. The molecule has 3 saturated carbocycles. The topological polar surface area (TPSA) is 60.7 Å². The highest BCUT2D eigenvalue weighted by Gasteiger charge is 2.61. The Balaban J connectivity index is 1.94. The van der Waals surface area contributed by atoms with Gasteiger partial charge in [-0.2, -0.15) is 0 Å². The van der Waals surface area contributed by atoms with Crippen LogP contribution in [0.4, 0.5) is 0 Å². The molecule has 0 aromatic carbocycles. The Morgan fingerprint density at radius 3 is 2.63 bits per heavy atom. The molecule has 3 aliphatic carbocycles. The third-order valence-electron chi connectivity index (χ3n) is 7.89. The van der Waals surface area contributed by atoms with Crippen molar-refractivity contribution in [2.75, 3.05) is 0 Å². The minimum atomic E-state index is -2.40. The zero-order valence-corrected chi connectivity index (χ0v) is 19.5. The summed E-state index contributed by atoms with van der Waals surface area (Å²) in [5.74, 6) is -2.75. The van der Waals surface area contributed by atoms with E-state index >= 15 is 0 Å². The van der Waals surface area contributed by atoms with Crippen molar-refractivity contribution in [2.24, 2.45) is 29.1 Å². The van der Waals surface area contributed by atoms with Crippen molar-refractivity contribution in [1.29, 1.82) is 0 Å². The van der Waals surface area contributed by atoms with Gasteiger partial charge in [0.05, 0.1) is 6.10 Å². The summed E-state index contributed by atoms with van der Waals surface area (Å²) < 4.78 is 17.7. The van der Waals surface area contributed by atoms with Crippen LogP contribution >= 0.6 is 0 Å². The van der Waals surface area contributed by atoms with Gasteiger partial charge in [0.1, 0.15) is 0 Å². The molecule has 0 aromatic rings. The van der Waals surface area contributed by atoms with E-state index in [-0.39, 0.29) is 12.0 Å². The Bertz CT molecular complexity index is 767. The standard InChI is InChI=1S/C27H44O3/c1-18(2)8-6-9-20(4)24-17-27(29,30)25-21(10-7-15-26(24,25)5)12-13-22-16-23(28)14-11-19(22)3/h12-13,18,20,23-25,28-30H,3,6-11,14-17H2,1-2,4-5H3/b21-12+,22-13+/t20-,23+,24-,25+,26-/m1/s1/i17D2. The van der Waals surface area contributed by atoms with Crippen LogP contribution in [-0.4, -0.2) is 27.2 Å². The van der Waals surface area contributed by atoms with Crippen molar-refractivity contribution in [3.63, 3.8) is 0 Å². The number of allylic oxidation sites excluding steroid dienone is 3. The highest BCUT2D eigenvalue weighted by atomic mass is 16.5. The van der Waals surface area contributed by atoms with E-state index in [0.29, 0.717) is 12.3 Å². The number of hydrogen-bond donors (Lipinski definition) is 3. The van der Waals surface area contributed by atoms with Crippen LogP contribution in [0.5, 0.6) is 0 Å². The van der Waals surface area contributed by atoms with Gasteiger partial charge in [-0.1, -0.05) is 76.8 Å². The summed E-state index contributed by atoms with van der Waals surface area (Å²) in [5.41, 5.74) is 2.47. The van der Waals surface area contributed by atoms with Gasteiger partial charge in [-0.3, -0.25) is 0 Å². The second-order valence-corrected chi connectivity index (χ2v) is 10.9. The van der Waals surface area contributed by atoms with Crippen LogP contribution in [0.2, 0.25) is 0 Å². The van der Waals surface area contributed by atoms with Crippen molar-refractivity contribution >= 4 is 0 Å². The summed E-state index contributed by atoms with van der Waals surface area (Å²) in [4.78, 5) is 0. The van der Waals surface area contributed by atoms with Crippen LogP contribution < -0.4 is 0 Å². The maximum Gasteiger partial charge on any atom is 0.169 e. The Morgan fingerprint density at radius 2 is 1.93 bits per heavy atom. The van der Waals surface area contributed by atoms with Crippen LogP contribution in [0.15, 0.2) is 35.5 Å². The molecule has 5 atom stereocenters. The summed E-state index contributed by atoms with van der Waals surface area (Å²) in [7, 11) is 0. The molecule has 30 heavy (non-hydrogen) atoms. The van der Waals surface area contributed by atoms with Crippen molar-refractivity contribution in [3.8, 4) is 0 Å². The fraction of sp³-hybridized carbons (Fsp3) is 0.778. The third kappa shape index (κ3) is 4.95. The number of aliphatic hydroxyl groups is 3. The largest absolute Gasteiger partial charge is 0.393 e. The van der Waals surface area contributed by atoms with Crippen LogP contribution in [-0.2, 0) is 0 Å². The first-order valence-electron chi connectivity index (χ1n) is 13.0. The maximum atomic E-state index is 11.3. The van der Waals surface area contributed by atoms with E-state index in [4.69, 9.17) is 2.74 Å². The van der Waals surface area contributed by atoms with E-state index in [0.717, 1.165) is 68.1 Å². The van der Waals surface area contributed by atoms with E-state index in [1.54, 1.807) is 0 Å². The molecule has 0 amide bonds. The van der Waals surface area contributed by atoms with Gasteiger partial charge >= 0.3 is 0 Å². The highest BCUT2D eigenvalue weighted by Crippen LogP contribution is 2.62. The van der Waals surface area contributed by atoms with Crippen molar-refractivity contribution < 1.29 is 18.1 Å². The molecule has 0 spiro atoms. The van der Waals surface area contributed by atoms with Crippen molar-refractivity contribution in [2.45, 2.75) is 104 Å². The monoisotopic (exact) mass is 418 g/mol. The molecular weight excluding hydrogens is 372 g/mol. The molecule has 0 aromatic heterocycles. The first kappa shape index (κ1) is 21.0. The summed E-state index contributed by atoms with van der Waals surface area (Å²) in [6.07, 6.45) is 9.14. The summed E-state index contributed by atoms with van der Waals surface area (Å²) in [6.45, 7) is 12.7. The molecule has 3 nitrogen and oxygen atoms in total. The lowest BCUT2D eigenvalue weighted by Crippen LogP contribution is -2.43. The predicted octanol–water partition coefficient (Wildman–Crippen LogP) is 5.91. The van der Waals surface area contributed by atoms with Gasteiger partial charge < -0.3 is 15.3 Å². The molecule has 3 heteroatoms. The second-order valence-electron chi connectivity index (χ2n) is 10.9. The lowest BCUT2D eigenvalue weighted by molar-refractivity contribution is -0.190. The molecule has 0 bridgehead atoms. The van der Waals surface area contributed by atoms with Gasteiger partial charge in [0.15, 0.2) is 5.79 Å². The fourth-order valence-electron chi connectivity index (χ4n) is 6.30. The zero-order valence-electron chi connectivity index (χ0n) is 21.5. The van der Waals surface area contributed by atoms with Gasteiger partial charge in [0, 0.05) is 15.0 Å². The van der Waals surface area contributed by atoms with Crippen molar-refractivity contribution in [1.82, 2.24) is 0 Å². The Morgan fingerprint density at radius 1 is 1.20 bits per heavy atom. The van der Waals surface area contributed by atoms with E-state index in [2.05, 4.69) is 34.3 Å². The van der Waals surface area contributed by atoms with E-state index in [1.165, 1.54) is 0 Å². The first-order valence-corrected chi connectivity index (χ1v) is 12.0. The van der Waals surface area contributed by atoms with E-state index in [9.17, 15) is 15.3 Å². The molecule has 3 fully saturated rings. The number of fused-ring (bicyclic) bond motifs is 1. The quantitative estimate of drug-likeness (QED) is 0.470. The number of hydrogen-bond acceptors (Lipinski definition) is 3. The van der Waals surface area contributed by atoms with Crippen LogP contribution in [0.1, 0.15) is 94.6 Å². The third-order valence-corrected chi connectivity index (χ3v) is 7.89. The second kappa shape index (κ2) is 9.30. The Kier molecular flexibility index (Phi) is 6.50. The summed E-state index contributed by atoms with van der Waals surface area (Å²) in [6, 6.07) is 0. The smallest absolute Gasteiger partial charge is 0.169 e. The molecule has 0 saturated heterocycles. The van der Waals surface area contributed by atoms with Crippen LogP contribution in [0, 0.1) is 29.1 Å². The van der Waals surface area contributed by atoms with Crippen LogP contribution in [0.3, 0.4) is 0 Å². The molecule has 3 aliphatic rings. The van der Waals surface area contributed by atoms with Gasteiger partial charge in [0.2, 0.25) is 0 Å². The van der Waals surface area contributed by atoms with Gasteiger partial charge in [0.25, 0.3) is 0 Å². The van der Waals surface area contributed by atoms with E-state index in [1.807, 2.05) is 12.2 Å². The Labute approximate surface area is 186 Å². The molecule has 0 heterocycles. The number of rotatable bonds is 6. The van der Waals surface area contributed by atoms with Gasteiger partial charge in [-0.25, -0.2) is 0 Å². The molecule has 170 valence electrons. The summed E-state index contributed by atoms with van der Waals surface area (Å²) in [5, 5.41) is 32.6. The Hall–Kier alpha value is -0.900. The van der Waals surface area contributed by atoms with E-state index < -0.39 is 29.4 Å². The first-order chi connectivity index (χ1) is 14.8. The molecule has 3 N–H and O–H groups in total. The molecule has 3 rings (SSSR count). The molecule has 0 radical (unpaired) electrons. The van der Waals surface area contributed by atoms with Crippen molar-refractivity contribution in [3.05, 3.63) is 35.5 Å². The summed E-state index contributed by atoms with van der Waals surface area (Å²) >= 11 is 0. The van der Waals surface area contributed by atoms with Crippen LogP contribution in [0.25, 0.3) is 0 Å². The van der Waals surface area contributed by atoms with Gasteiger partial charge in [-0.05, 0) is 67.3 Å². The SMILES string of the molecule is [2H]C1([2H])[C@H]([C@H](C)CCCC(C)C)[C@@]2(C)CCC/C(=C\C=C3/C[C@@H](O)CCC3=C)[C@@H]2C1(O)O. The lowest BCUT2D eigenvalue weighted by atomic mass is 9.60. The fourth-order valence-corrected chi connectivity index (χ4v) is 6.30. The average Bonchev–Trinajstić information content (AvgIpc) is 2.80. The minimum Gasteiger partial charge on any atom is -0.393 e. The minimum absolute atomic E-state index is 0.0726. The normalized spacial score (nSPS) is 40.4. The van der Waals surface area contributed by atoms with Gasteiger partial charge in [-0.15, -0.1) is 0 Å². The molecule has 0 aliphatic heterocycles. The maximum absolute atomic E-state index is 11.3. The zero-order chi connectivity index (χ0) is 23.9.